The average Bonchev–Trinajstić information content (AvgIpc) is 3.16. The Kier molecular flexibility index (Phi) is 13.9. The number of nitrogens with zero attached hydrogens (tertiary/aromatic N) is 1. The minimum atomic E-state index is -0.810. The van der Waals surface area contributed by atoms with Crippen LogP contribution in [-0.2, 0) is 32.2 Å². The topological polar surface area (TPSA) is 129 Å². The van der Waals surface area contributed by atoms with Gasteiger partial charge < -0.3 is 30.1 Å². The number of ether oxygens (including phenoxy) is 2. The SMILES string of the molecule is C[C@H]([C@@H](O)c1ccccc1)N(C)C[C@H]1C[C@@H](c2ccc(CO)cc2)O[C@@H](c2ccc(-c3ccccc3CNC(=O)CCCCCC(=O)O)cc2)O1. The van der Waals surface area contributed by atoms with Crippen LogP contribution in [0.4, 0.5) is 0 Å². The van der Waals surface area contributed by atoms with Gasteiger partial charge in [0.1, 0.15) is 0 Å². The fourth-order valence-electron chi connectivity index (χ4n) is 6.49. The van der Waals surface area contributed by atoms with E-state index < -0.39 is 18.4 Å². The van der Waals surface area contributed by atoms with E-state index >= 15 is 0 Å². The van der Waals surface area contributed by atoms with Crippen molar-refractivity contribution in [3.8, 4) is 11.1 Å². The highest BCUT2D eigenvalue weighted by atomic mass is 16.7. The number of carboxylic acids is 1. The number of carbonyl (C=O) groups is 2. The van der Waals surface area contributed by atoms with Crippen molar-refractivity contribution >= 4 is 11.9 Å². The Morgan fingerprint density at radius 3 is 2.22 bits per heavy atom. The summed E-state index contributed by atoms with van der Waals surface area (Å²) in [4.78, 5) is 25.3. The normalized spacial score (nSPS) is 18.6. The average molecular weight is 695 g/mol. The first-order valence-corrected chi connectivity index (χ1v) is 17.8. The molecule has 1 fully saturated rings. The summed E-state index contributed by atoms with van der Waals surface area (Å²) in [5, 5.41) is 32.5. The molecule has 0 unspecified atom stereocenters. The molecule has 51 heavy (non-hydrogen) atoms. The Balaban J connectivity index is 1.27. The molecule has 0 aliphatic carbocycles. The molecule has 4 N–H and O–H groups in total. The summed E-state index contributed by atoms with van der Waals surface area (Å²) < 4.78 is 13.2. The van der Waals surface area contributed by atoms with E-state index in [1.165, 1.54) is 0 Å². The van der Waals surface area contributed by atoms with Crippen molar-refractivity contribution in [1.82, 2.24) is 10.2 Å². The van der Waals surface area contributed by atoms with E-state index in [0.29, 0.717) is 45.2 Å². The predicted octanol–water partition coefficient (Wildman–Crippen LogP) is 7.10. The number of rotatable bonds is 17. The van der Waals surface area contributed by atoms with Crippen molar-refractivity contribution in [1.29, 1.82) is 0 Å². The molecular weight excluding hydrogens is 644 g/mol. The molecule has 4 aromatic rings. The number of carboxylic acid groups (broad SMARTS) is 1. The van der Waals surface area contributed by atoms with Crippen molar-refractivity contribution in [2.75, 3.05) is 13.6 Å². The molecule has 0 radical (unpaired) electrons. The number of nitrogens with one attached hydrogen (secondary N) is 1. The lowest BCUT2D eigenvalue weighted by Gasteiger charge is -2.39. The van der Waals surface area contributed by atoms with Gasteiger partial charge >= 0.3 is 5.97 Å². The first-order valence-electron chi connectivity index (χ1n) is 17.8. The highest BCUT2D eigenvalue weighted by Crippen LogP contribution is 2.39. The highest BCUT2D eigenvalue weighted by Gasteiger charge is 2.34. The molecule has 0 aromatic heterocycles. The Bertz CT molecular complexity index is 1680. The van der Waals surface area contributed by atoms with Crippen molar-refractivity contribution < 1.29 is 34.4 Å². The van der Waals surface area contributed by atoms with Crippen LogP contribution in [0.1, 0.15) is 91.8 Å². The number of aliphatic hydroxyl groups is 2. The van der Waals surface area contributed by atoms with Gasteiger partial charge in [-0.3, -0.25) is 14.5 Å². The number of hydrogen-bond acceptors (Lipinski definition) is 7. The lowest BCUT2D eigenvalue weighted by Crippen LogP contribution is -2.43. The molecule has 9 nitrogen and oxygen atoms in total. The molecule has 4 aromatic carbocycles. The van der Waals surface area contributed by atoms with Gasteiger partial charge in [-0.05, 0) is 60.2 Å². The van der Waals surface area contributed by atoms with Crippen molar-refractivity contribution in [2.45, 2.75) is 89.2 Å². The third-order valence-corrected chi connectivity index (χ3v) is 9.68. The quantitative estimate of drug-likeness (QED) is 0.0863. The van der Waals surface area contributed by atoms with Gasteiger partial charge in [0.2, 0.25) is 5.91 Å². The Hall–Kier alpha value is -4.38. The third-order valence-electron chi connectivity index (χ3n) is 9.68. The number of likely N-dealkylation sites (N-methyl/N-ethyl adjacent to an activating group) is 1. The second-order valence-electron chi connectivity index (χ2n) is 13.4. The molecular formula is C42H50N2O7. The van der Waals surface area contributed by atoms with Crippen LogP contribution in [0.2, 0.25) is 0 Å². The first-order chi connectivity index (χ1) is 24.7. The van der Waals surface area contributed by atoms with Crippen LogP contribution in [0.25, 0.3) is 11.1 Å². The molecule has 0 saturated carbocycles. The Labute approximate surface area is 300 Å². The van der Waals surface area contributed by atoms with Gasteiger partial charge in [-0.2, -0.15) is 0 Å². The van der Waals surface area contributed by atoms with Crippen LogP contribution < -0.4 is 5.32 Å². The number of carbonyl (C=O) groups excluding carboxylic acids is 1. The van der Waals surface area contributed by atoms with Gasteiger partial charge in [0.05, 0.1) is 24.9 Å². The highest BCUT2D eigenvalue weighted by molar-refractivity contribution is 5.76. The van der Waals surface area contributed by atoms with E-state index in [-0.39, 0.29) is 37.2 Å². The van der Waals surface area contributed by atoms with Crippen molar-refractivity contribution in [3.05, 3.63) is 131 Å². The van der Waals surface area contributed by atoms with Gasteiger partial charge in [-0.15, -0.1) is 0 Å². The monoisotopic (exact) mass is 694 g/mol. The Morgan fingerprint density at radius 2 is 1.51 bits per heavy atom. The van der Waals surface area contributed by atoms with E-state index in [9.17, 15) is 19.8 Å². The third kappa shape index (κ3) is 10.8. The van der Waals surface area contributed by atoms with E-state index in [0.717, 1.165) is 38.9 Å². The van der Waals surface area contributed by atoms with E-state index in [2.05, 4.69) is 10.2 Å². The summed E-state index contributed by atoms with van der Waals surface area (Å²) in [6.45, 7) is 2.98. The van der Waals surface area contributed by atoms with Crippen LogP contribution in [-0.4, -0.2) is 57.8 Å². The summed E-state index contributed by atoms with van der Waals surface area (Å²) in [6.07, 6.45) is 1.40. The summed E-state index contributed by atoms with van der Waals surface area (Å²) >= 11 is 0. The Morgan fingerprint density at radius 1 is 0.843 bits per heavy atom. The van der Waals surface area contributed by atoms with Gasteiger partial charge in [-0.1, -0.05) is 110 Å². The van der Waals surface area contributed by atoms with Gasteiger partial charge in [0.25, 0.3) is 0 Å². The molecule has 0 spiro atoms. The minimum absolute atomic E-state index is 0.0232. The molecule has 0 bridgehead atoms. The van der Waals surface area contributed by atoms with Gasteiger partial charge in [0.15, 0.2) is 6.29 Å². The van der Waals surface area contributed by atoms with Crippen LogP contribution >= 0.6 is 0 Å². The van der Waals surface area contributed by atoms with Crippen LogP contribution in [0.5, 0.6) is 0 Å². The predicted molar refractivity (Wildman–Crippen MR) is 196 cm³/mol. The number of aliphatic hydroxyl groups excluding tert-OH is 2. The minimum Gasteiger partial charge on any atom is -0.481 e. The lowest BCUT2D eigenvalue weighted by atomic mass is 9.97. The molecule has 5 atom stereocenters. The smallest absolute Gasteiger partial charge is 0.303 e. The van der Waals surface area contributed by atoms with Gasteiger partial charge in [0, 0.05) is 44.0 Å². The molecule has 270 valence electrons. The van der Waals surface area contributed by atoms with Crippen LogP contribution in [0.15, 0.2) is 103 Å². The van der Waals surface area contributed by atoms with E-state index in [1.807, 2.05) is 117 Å². The fraction of sp³-hybridized carbons (Fsp3) is 0.381. The number of hydrogen-bond donors (Lipinski definition) is 4. The first kappa shape index (κ1) is 37.9. The fourth-order valence-corrected chi connectivity index (χ4v) is 6.49. The summed E-state index contributed by atoms with van der Waals surface area (Å²) in [6, 6.07) is 33.5. The zero-order valence-corrected chi connectivity index (χ0v) is 29.5. The number of unbranched alkanes of at least 4 members (excludes halogenated alkanes) is 2. The maximum atomic E-state index is 12.5. The maximum absolute atomic E-state index is 12.5. The number of benzene rings is 4. The van der Waals surface area contributed by atoms with Crippen molar-refractivity contribution in [2.24, 2.45) is 0 Å². The molecule has 1 heterocycles. The zero-order chi connectivity index (χ0) is 36.2. The van der Waals surface area contributed by atoms with Crippen LogP contribution in [0, 0.1) is 0 Å². The molecule has 5 rings (SSSR count). The summed E-state index contributed by atoms with van der Waals surface area (Å²) in [5.41, 5.74) is 6.63. The van der Waals surface area contributed by atoms with Crippen LogP contribution in [0.3, 0.4) is 0 Å². The molecule has 1 amide bonds. The standard InChI is InChI=1S/C42H50N2O7/c1-29(41(49)33-11-5-3-6-12-33)44(2)27-36-25-38(32-19-17-30(28-45)18-20-32)51-42(50-36)34-23-21-31(22-24-34)37-14-10-9-13-35(37)26-43-39(46)15-7-4-8-16-40(47)48/h3,5-6,9-14,17-24,29,36,38,41-42,45,49H,4,7-8,15-16,25-28H2,1-2H3,(H,43,46)(H,47,48)/t29-,36-,38+,41-,42+/m1/s1. The summed E-state index contributed by atoms with van der Waals surface area (Å²) in [7, 11) is 2.01. The number of aliphatic carboxylic acids is 1. The number of amides is 1. The molecule has 1 saturated heterocycles. The molecule has 9 heteroatoms. The largest absolute Gasteiger partial charge is 0.481 e. The van der Waals surface area contributed by atoms with Crippen molar-refractivity contribution in [3.63, 3.8) is 0 Å². The molecule has 1 aliphatic rings. The second-order valence-corrected chi connectivity index (χ2v) is 13.4. The second kappa shape index (κ2) is 18.7. The lowest BCUT2D eigenvalue weighted by molar-refractivity contribution is -0.253. The van der Waals surface area contributed by atoms with E-state index in [4.69, 9.17) is 14.6 Å². The van der Waals surface area contributed by atoms with E-state index in [1.54, 1.807) is 0 Å². The molecule has 1 aliphatic heterocycles. The maximum Gasteiger partial charge on any atom is 0.303 e. The summed E-state index contributed by atoms with van der Waals surface area (Å²) in [5.74, 6) is -0.859. The zero-order valence-electron chi connectivity index (χ0n) is 29.5. The van der Waals surface area contributed by atoms with Gasteiger partial charge in [-0.25, -0.2) is 0 Å².